The number of nitrogens with two attached hydrogens (primary N) is 1. The zero-order valence-electron chi connectivity index (χ0n) is 11.6. The summed E-state index contributed by atoms with van der Waals surface area (Å²) in [7, 11) is 3.92. The third-order valence-electron chi connectivity index (χ3n) is 3.75. The number of aryl methyl sites for hydroxylation is 3. The van der Waals surface area contributed by atoms with E-state index in [0.29, 0.717) is 5.82 Å². The quantitative estimate of drug-likeness (QED) is 0.725. The Hall–Kier alpha value is -2.30. The summed E-state index contributed by atoms with van der Waals surface area (Å²) < 4.78 is 3.89. The van der Waals surface area contributed by atoms with Gasteiger partial charge in [-0.15, -0.1) is 0 Å². The van der Waals surface area contributed by atoms with E-state index >= 15 is 0 Å². The maximum absolute atomic E-state index is 6.00. The van der Waals surface area contributed by atoms with Crippen LogP contribution in [0.1, 0.15) is 11.5 Å². The summed E-state index contributed by atoms with van der Waals surface area (Å²) in [6, 6.07) is 6.23. The number of rotatable bonds is 1. The molecule has 0 saturated carbocycles. The molecule has 2 N–H and O–H groups in total. The van der Waals surface area contributed by atoms with Crippen molar-refractivity contribution in [3.8, 4) is 11.1 Å². The fourth-order valence-electron chi connectivity index (χ4n) is 2.47. The van der Waals surface area contributed by atoms with Crippen LogP contribution < -0.4 is 5.73 Å². The van der Waals surface area contributed by atoms with Gasteiger partial charge in [-0.3, -0.25) is 4.68 Å². The van der Waals surface area contributed by atoms with Gasteiger partial charge in [0, 0.05) is 25.4 Å². The van der Waals surface area contributed by atoms with Crippen LogP contribution >= 0.6 is 0 Å². The minimum atomic E-state index is 0.562. The van der Waals surface area contributed by atoms with E-state index in [1.807, 2.05) is 27.9 Å². The van der Waals surface area contributed by atoms with Crippen molar-refractivity contribution in [2.24, 2.45) is 14.1 Å². The van der Waals surface area contributed by atoms with Gasteiger partial charge in [0.15, 0.2) is 5.82 Å². The molecule has 0 aliphatic carbocycles. The highest BCUT2D eigenvalue weighted by Gasteiger charge is 2.14. The third-order valence-corrected chi connectivity index (χ3v) is 3.75. The number of anilines is 1. The van der Waals surface area contributed by atoms with Crippen LogP contribution in [0.15, 0.2) is 18.2 Å². The number of nitrogens with zero attached hydrogens (tertiary/aromatic N) is 4. The second-order valence-electron chi connectivity index (χ2n) is 4.89. The maximum Gasteiger partial charge on any atom is 0.153 e. The van der Waals surface area contributed by atoms with Crippen LogP contribution in [0.3, 0.4) is 0 Å². The Morgan fingerprint density at radius 2 is 1.89 bits per heavy atom. The smallest absolute Gasteiger partial charge is 0.153 e. The van der Waals surface area contributed by atoms with Gasteiger partial charge in [0.1, 0.15) is 5.82 Å². The lowest BCUT2D eigenvalue weighted by Crippen LogP contribution is -1.93. The molecule has 5 nitrogen and oxygen atoms in total. The van der Waals surface area contributed by atoms with E-state index in [4.69, 9.17) is 5.73 Å². The molecule has 0 spiro atoms. The van der Waals surface area contributed by atoms with Gasteiger partial charge in [0.25, 0.3) is 0 Å². The monoisotopic (exact) mass is 255 g/mol. The Labute approximate surface area is 111 Å². The molecule has 0 saturated heterocycles. The standard InChI is InChI=1S/C14H17N5/c1-8-13(14(15)17-19(8)4)10-5-6-12-11(7-10)16-9(2)18(12)3/h5-7H,1-4H3,(H2,15,17). The molecular weight excluding hydrogens is 238 g/mol. The Balaban J connectivity index is 2.26. The number of hydrogen-bond acceptors (Lipinski definition) is 3. The van der Waals surface area contributed by atoms with E-state index in [-0.39, 0.29) is 0 Å². The first-order valence-electron chi connectivity index (χ1n) is 6.21. The molecule has 5 heteroatoms. The summed E-state index contributed by atoms with van der Waals surface area (Å²) in [6.45, 7) is 4.02. The van der Waals surface area contributed by atoms with Crippen molar-refractivity contribution in [3.05, 3.63) is 29.7 Å². The molecule has 3 rings (SSSR count). The van der Waals surface area contributed by atoms with Gasteiger partial charge in [-0.2, -0.15) is 5.10 Å². The zero-order chi connectivity index (χ0) is 13.7. The first-order chi connectivity index (χ1) is 8.99. The molecule has 2 aromatic heterocycles. The largest absolute Gasteiger partial charge is 0.382 e. The Morgan fingerprint density at radius 1 is 1.16 bits per heavy atom. The van der Waals surface area contributed by atoms with Crippen LogP contribution in [-0.4, -0.2) is 19.3 Å². The van der Waals surface area contributed by atoms with Crippen LogP contribution in [-0.2, 0) is 14.1 Å². The zero-order valence-corrected chi connectivity index (χ0v) is 11.6. The van der Waals surface area contributed by atoms with Crippen molar-refractivity contribution < 1.29 is 0 Å². The fourth-order valence-corrected chi connectivity index (χ4v) is 2.47. The van der Waals surface area contributed by atoms with E-state index in [1.165, 1.54) is 0 Å². The summed E-state index contributed by atoms with van der Waals surface area (Å²) in [5.41, 5.74) is 11.2. The van der Waals surface area contributed by atoms with Gasteiger partial charge in [0.05, 0.1) is 11.0 Å². The molecule has 0 atom stereocenters. The summed E-state index contributed by atoms with van der Waals surface area (Å²) in [6.07, 6.45) is 0. The maximum atomic E-state index is 6.00. The minimum absolute atomic E-state index is 0.562. The van der Waals surface area contributed by atoms with Crippen LogP contribution in [0.25, 0.3) is 22.2 Å². The van der Waals surface area contributed by atoms with Crippen molar-refractivity contribution in [1.29, 1.82) is 0 Å². The van der Waals surface area contributed by atoms with Gasteiger partial charge in [0.2, 0.25) is 0 Å². The molecular formula is C14H17N5. The Morgan fingerprint density at radius 3 is 2.53 bits per heavy atom. The van der Waals surface area contributed by atoms with E-state index < -0.39 is 0 Å². The highest BCUT2D eigenvalue weighted by molar-refractivity contribution is 5.86. The number of benzene rings is 1. The number of fused-ring (bicyclic) bond motifs is 1. The fraction of sp³-hybridized carbons (Fsp3) is 0.286. The second kappa shape index (κ2) is 3.85. The Kier molecular flexibility index (Phi) is 2.38. The Bertz CT molecular complexity index is 779. The van der Waals surface area contributed by atoms with Gasteiger partial charge >= 0.3 is 0 Å². The molecule has 0 aliphatic rings. The molecule has 0 fully saturated rings. The first-order valence-corrected chi connectivity index (χ1v) is 6.21. The van der Waals surface area contributed by atoms with Crippen LogP contribution in [0.5, 0.6) is 0 Å². The van der Waals surface area contributed by atoms with Crippen molar-refractivity contribution in [2.45, 2.75) is 13.8 Å². The van der Waals surface area contributed by atoms with E-state index in [9.17, 15) is 0 Å². The second-order valence-corrected chi connectivity index (χ2v) is 4.89. The lowest BCUT2D eigenvalue weighted by Gasteiger charge is -2.03. The number of imidazole rings is 1. The molecule has 3 aromatic rings. The van der Waals surface area contributed by atoms with E-state index in [2.05, 4.69) is 32.8 Å². The predicted octanol–water partition coefficient (Wildman–Crippen LogP) is 2.17. The van der Waals surface area contributed by atoms with Crippen LogP contribution in [0.4, 0.5) is 5.82 Å². The predicted molar refractivity (Wildman–Crippen MR) is 76.8 cm³/mol. The number of hydrogen-bond donors (Lipinski definition) is 1. The number of aromatic nitrogens is 4. The highest BCUT2D eigenvalue weighted by Crippen LogP contribution is 2.30. The molecule has 1 aromatic carbocycles. The van der Waals surface area contributed by atoms with Crippen molar-refractivity contribution in [1.82, 2.24) is 19.3 Å². The SMILES string of the molecule is Cc1c(-c2ccc3c(c2)nc(C)n3C)c(N)nn1C. The summed E-state index contributed by atoms with van der Waals surface area (Å²) in [4.78, 5) is 4.56. The van der Waals surface area contributed by atoms with E-state index in [1.54, 1.807) is 4.68 Å². The molecule has 2 heterocycles. The third kappa shape index (κ3) is 1.62. The first kappa shape index (κ1) is 11.8. The molecule has 0 aliphatic heterocycles. The summed E-state index contributed by atoms with van der Waals surface area (Å²) in [5, 5.41) is 4.26. The molecule has 0 amide bonds. The van der Waals surface area contributed by atoms with Gasteiger partial charge in [-0.25, -0.2) is 4.98 Å². The average molecular weight is 255 g/mol. The van der Waals surface area contributed by atoms with Crippen LogP contribution in [0.2, 0.25) is 0 Å². The number of nitrogen functional groups attached to an aromatic ring is 1. The topological polar surface area (TPSA) is 61.7 Å². The van der Waals surface area contributed by atoms with Crippen molar-refractivity contribution in [2.75, 3.05) is 5.73 Å². The molecule has 0 bridgehead atoms. The summed E-state index contributed by atoms with van der Waals surface area (Å²) >= 11 is 0. The van der Waals surface area contributed by atoms with Gasteiger partial charge < -0.3 is 10.3 Å². The molecule has 19 heavy (non-hydrogen) atoms. The molecule has 0 radical (unpaired) electrons. The lowest BCUT2D eigenvalue weighted by atomic mass is 10.1. The normalized spacial score (nSPS) is 11.4. The van der Waals surface area contributed by atoms with E-state index in [0.717, 1.165) is 33.7 Å². The highest BCUT2D eigenvalue weighted by atomic mass is 15.3. The summed E-state index contributed by atoms with van der Waals surface area (Å²) in [5.74, 6) is 1.56. The van der Waals surface area contributed by atoms with Gasteiger partial charge in [-0.05, 0) is 31.5 Å². The molecule has 98 valence electrons. The van der Waals surface area contributed by atoms with Crippen molar-refractivity contribution >= 4 is 16.9 Å². The van der Waals surface area contributed by atoms with Gasteiger partial charge in [-0.1, -0.05) is 6.07 Å². The minimum Gasteiger partial charge on any atom is -0.382 e. The van der Waals surface area contributed by atoms with Crippen molar-refractivity contribution in [3.63, 3.8) is 0 Å². The molecule has 0 unspecified atom stereocenters. The average Bonchev–Trinajstić information content (AvgIpc) is 2.78. The van der Waals surface area contributed by atoms with Crippen LogP contribution in [0, 0.1) is 13.8 Å². The lowest BCUT2D eigenvalue weighted by molar-refractivity contribution is 0.744.